The molecule has 0 bridgehead atoms. The van der Waals surface area contributed by atoms with Crippen LogP contribution in [0.5, 0.6) is 0 Å². The lowest BCUT2D eigenvalue weighted by Crippen LogP contribution is -2.24. The average molecular weight is 232 g/mol. The maximum Gasteiger partial charge on any atom is 0.319 e. The molecule has 0 radical (unpaired) electrons. The number of nitrogens with zero attached hydrogens (tertiary/aromatic N) is 1. The van der Waals surface area contributed by atoms with E-state index in [4.69, 9.17) is 10.00 Å². The topological polar surface area (TPSA) is 62.1 Å². The first-order chi connectivity index (χ1) is 8.17. The first-order valence-electron chi connectivity index (χ1n) is 5.53. The van der Waals surface area contributed by atoms with Gasteiger partial charge in [-0.2, -0.15) is 5.26 Å². The predicted molar refractivity (Wildman–Crippen MR) is 64.2 cm³/mol. The fourth-order valence-electron chi connectivity index (χ4n) is 1.48. The number of esters is 1. The van der Waals surface area contributed by atoms with Crippen molar-refractivity contribution in [1.29, 1.82) is 5.26 Å². The number of carbonyl (C=O) groups is 1. The molecule has 0 unspecified atom stereocenters. The molecule has 0 aliphatic carbocycles. The molecule has 0 saturated heterocycles. The van der Waals surface area contributed by atoms with E-state index >= 15 is 0 Å². The van der Waals surface area contributed by atoms with Gasteiger partial charge in [-0.25, -0.2) is 0 Å². The van der Waals surface area contributed by atoms with Gasteiger partial charge in [0.25, 0.3) is 0 Å². The first kappa shape index (κ1) is 13.2. The maximum atomic E-state index is 11.1. The Morgan fingerprint density at radius 2 is 2.29 bits per heavy atom. The molecule has 0 fully saturated rings. The highest BCUT2D eigenvalue weighted by Gasteiger charge is 2.03. The van der Waals surface area contributed by atoms with Gasteiger partial charge >= 0.3 is 5.97 Å². The third-order valence-corrected chi connectivity index (χ3v) is 2.36. The summed E-state index contributed by atoms with van der Waals surface area (Å²) in [6, 6.07) is 7.59. The van der Waals surface area contributed by atoms with Crippen LogP contribution in [0.15, 0.2) is 18.2 Å². The average Bonchev–Trinajstić information content (AvgIpc) is 2.31. The van der Waals surface area contributed by atoms with Crippen LogP contribution in [-0.4, -0.2) is 19.1 Å². The third kappa shape index (κ3) is 4.25. The highest BCUT2D eigenvalue weighted by atomic mass is 16.5. The Bertz CT molecular complexity index is 436. The molecule has 1 rings (SSSR count). The van der Waals surface area contributed by atoms with Crippen LogP contribution in [0.1, 0.15) is 23.6 Å². The Morgan fingerprint density at radius 3 is 2.88 bits per heavy atom. The lowest BCUT2D eigenvalue weighted by atomic mass is 10.1. The van der Waals surface area contributed by atoms with Gasteiger partial charge in [0.15, 0.2) is 0 Å². The van der Waals surface area contributed by atoms with Crippen molar-refractivity contribution in [3.63, 3.8) is 0 Å². The standard InChI is InChI=1S/C13H16N2O2/c1-3-17-13(16)9-15-8-12-5-4-11(7-14)6-10(12)2/h4-6,15H,3,8-9H2,1-2H3. The molecule has 1 aromatic rings. The zero-order valence-corrected chi connectivity index (χ0v) is 10.1. The van der Waals surface area contributed by atoms with Crippen molar-refractivity contribution >= 4 is 5.97 Å². The van der Waals surface area contributed by atoms with Crippen molar-refractivity contribution in [1.82, 2.24) is 5.32 Å². The second-order valence-electron chi connectivity index (χ2n) is 3.66. The van der Waals surface area contributed by atoms with E-state index in [1.165, 1.54) is 0 Å². The highest BCUT2D eigenvalue weighted by molar-refractivity contribution is 5.71. The van der Waals surface area contributed by atoms with Gasteiger partial charge in [-0.1, -0.05) is 6.07 Å². The van der Waals surface area contributed by atoms with Crippen molar-refractivity contribution in [2.45, 2.75) is 20.4 Å². The number of aryl methyl sites for hydroxylation is 1. The van der Waals surface area contributed by atoms with Gasteiger partial charge in [-0.05, 0) is 37.1 Å². The van der Waals surface area contributed by atoms with E-state index in [0.29, 0.717) is 18.7 Å². The second kappa shape index (κ2) is 6.66. The molecule has 1 N–H and O–H groups in total. The van der Waals surface area contributed by atoms with Gasteiger partial charge < -0.3 is 10.1 Å². The van der Waals surface area contributed by atoms with Crippen molar-refractivity contribution in [3.8, 4) is 6.07 Å². The molecule has 0 atom stereocenters. The smallest absolute Gasteiger partial charge is 0.319 e. The van der Waals surface area contributed by atoms with Crippen LogP contribution in [0.2, 0.25) is 0 Å². The van der Waals surface area contributed by atoms with Crippen molar-refractivity contribution in [3.05, 3.63) is 34.9 Å². The minimum Gasteiger partial charge on any atom is -0.465 e. The number of nitriles is 1. The Morgan fingerprint density at radius 1 is 1.53 bits per heavy atom. The summed E-state index contributed by atoms with van der Waals surface area (Å²) in [6.45, 7) is 4.92. The molecule has 0 saturated carbocycles. The van der Waals surface area contributed by atoms with E-state index < -0.39 is 0 Å². The summed E-state index contributed by atoms with van der Waals surface area (Å²) in [6.07, 6.45) is 0. The van der Waals surface area contributed by atoms with Crippen molar-refractivity contribution in [2.24, 2.45) is 0 Å². The normalized spacial score (nSPS) is 9.71. The quantitative estimate of drug-likeness (QED) is 0.782. The highest BCUT2D eigenvalue weighted by Crippen LogP contribution is 2.10. The fourth-order valence-corrected chi connectivity index (χ4v) is 1.48. The number of nitrogens with one attached hydrogen (secondary N) is 1. The summed E-state index contributed by atoms with van der Waals surface area (Å²) in [4.78, 5) is 11.1. The number of hydrogen-bond acceptors (Lipinski definition) is 4. The van der Waals surface area contributed by atoms with E-state index in [1.54, 1.807) is 13.0 Å². The molecule has 4 heteroatoms. The van der Waals surface area contributed by atoms with Crippen LogP contribution < -0.4 is 5.32 Å². The number of ether oxygens (including phenoxy) is 1. The summed E-state index contributed by atoms with van der Waals surface area (Å²) in [7, 11) is 0. The molecule has 0 aliphatic heterocycles. The van der Waals surface area contributed by atoms with E-state index in [0.717, 1.165) is 11.1 Å². The van der Waals surface area contributed by atoms with Crippen LogP contribution in [0.4, 0.5) is 0 Å². The van der Waals surface area contributed by atoms with Crippen LogP contribution in [0.3, 0.4) is 0 Å². The van der Waals surface area contributed by atoms with Gasteiger partial charge in [0.05, 0.1) is 24.8 Å². The van der Waals surface area contributed by atoms with Crippen LogP contribution in [-0.2, 0) is 16.1 Å². The summed E-state index contributed by atoms with van der Waals surface area (Å²) in [5, 5.41) is 11.7. The monoisotopic (exact) mass is 232 g/mol. The zero-order valence-electron chi connectivity index (χ0n) is 10.1. The molecule has 1 aromatic carbocycles. The van der Waals surface area contributed by atoms with E-state index in [9.17, 15) is 4.79 Å². The molecular formula is C13H16N2O2. The Labute approximate surface area is 101 Å². The molecular weight excluding hydrogens is 216 g/mol. The summed E-state index contributed by atoms with van der Waals surface area (Å²) >= 11 is 0. The van der Waals surface area contributed by atoms with Crippen molar-refractivity contribution in [2.75, 3.05) is 13.2 Å². The van der Waals surface area contributed by atoms with Gasteiger partial charge in [0.1, 0.15) is 0 Å². The number of benzene rings is 1. The summed E-state index contributed by atoms with van der Waals surface area (Å²) < 4.78 is 4.80. The number of carbonyl (C=O) groups excluding carboxylic acids is 1. The molecule has 0 spiro atoms. The third-order valence-electron chi connectivity index (χ3n) is 2.36. The van der Waals surface area contributed by atoms with Gasteiger partial charge in [-0.15, -0.1) is 0 Å². The van der Waals surface area contributed by atoms with Crippen LogP contribution >= 0.6 is 0 Å². The van der Waals surface area contributed by atoms with Gasteiger partial charge in [-0.3, -0.25) is 4.79 Å². The maximum absolute atomic E-state index is 11.1. The second-order valence-corrected chi connectivity index (χ2v) is 3.66. The van der Waals surface area contributed by atoms with E-state index in [1.807, 2.05) is 19.1 Å². The van der Waals surface area contributed by atoms with Crippen LogP contribution in [0, 0.1) is 18.3 Å². The number of hydrogen-bond donors (Lipinski definition) is 1. The lowest BCUT2D eigenvalue weighted by Gasteiger charge is -2.07. The predicted octanol–water partition coefficient (Wildman–Crippen LogP) is 1.52. The summed E-state index contributed by atoms with van der Waals surface area (Å²) in [5.74, 6) is -0.251. The van der Waals surface area contributed by atoms with Gasteiger partial charge in [0.2, 0.25) is 0 Å². The molecule has 0 heterocycles. The van der Waals surface area contributed by atoms with Crippen molar-refractivity contribution < 1.29 is 9.53 Å². The van der Waals surface area contributed by atoms with Crippen LogP contribution in [0.25, 0.3) is 0 Å². The summed E-state index contributed by atoms with van der Waals surface area (Å²) in [5.41, 5.74) is 2.77. The Kier molecular flexibility index (Phi) is 5.18. The molecule has 90 valence electrons. The SMILES string of the molecule is CCOC(=O)CNCc1ccc(C#N)cc1C. The molecule has 0 amide bonds. The lowest BCUT2D eigenvalue weighted by molar-refractivity contribution is -0.142. The Balaban J connectivity index is 2.47. The minimum absolute atomic E-state index is 0.202. The molecule has 17 heavy (non-hydrogen) atoms. The largest absolute Gasteiger partial charge is 0.465 e. The number of rotatable bonds is 5. The molecule has 0 aromatic heterocycles. The van der Waals surface area contributed by atoms with E-state index in [-0.39, 0.29) is 12.5 Å². The van der Waals surface area contributed by atoms with E-state index in [2.05, 4.69) is 11.4 Å². The molecule has 4 nitrogen and oxygen atoms in total. The zero-order chi connectivity index (χ0) is 12.7. The van der Waals surface area contributed by atoms with Gasteiger partial charge in [0, 0.05) is 6.54 Å². The minimum atomic E-state index is -0.251. The molecule has 0 aliphatic rings. The fraction of sp³-hybridized carbons (Fsp3) is 0.385. The Hall–Kier alpha value is -1.86. The first-order valence-corrected chi connectivity index (χ1v) is 5.53.